The first kappa shape index (κ1) is 22.8. The number of hydrogen-bond acceptors (Lipinski definition) is 6. The predicted molar refractivity (Wildman–Crippen MR) is 135 cm³/mol. The average molecular weight is 487 g/mol. The average Bonchev–Trinajstić information content (AvgIpc) is 3.78. The first-order valence-corrected chi connectivity index (χ1v) is 12.7. The van der Waals surface area contributed by atoms with Crippen LogP contribution in [-0.2, 0) is 0 Å². The van der Waals surface area contributed by atoms with Crippen LogP contribution in [0.15, 0.2) is 29.0 Å². The van der Waals surface area contributed by atoms with E-state index in [1.807, 2.05) is 33.0 Å². The lowest BCUT2D eigenvalue weighted by Gasteiger charge is -2.19. The van der Waals surface area contributed by atoms with Crippen LogP contribution in [-0.4, -0.2) is 37.4 Å². The van der Waals surface area contributed by atoms with E-state index in [2.05, 4.69) is 27.0 Å². The van der Waals surface area contributed by atoms with E-state index in [1.165, 1.54) is 25.7 Å². The van der Waals surface area contributed by atoms with Gasteiger partial charge in [-0.1, -0.05) is 5.16 Å². The van der Waals surface area contributed by atoms with Crippen LogP contribution in [0.3, 0.4) is 0 Å². The van der Waals surface area contributed by atoms with Gasteiger partial charge in [-0.15, -0.1) is 0 Å². The first-order chi connectivity index (χ1) is 17.4. The molecule has 0 radical (unpaired) electrons. The summed E-state index contributed by atoms with van der Waals surface area (Å²) in [7, 11) is 0. The minimum absolute atomic E-state index is 0.00862. The van der Waals surface area contributed by atoms with Crippen LogP contribution in [0.5, 0.6) is 5.88 Å². The molecule has 1 N–H and O–H groups in total. The van der Waals surface area contributed by atoms with Crippen molar-refractivity contribution in [1.82, 2.24) is 19.7 Å². The van der Waals surface area contributed by atoms with E-state index in [4.69, 9.17) is 14.2 Å². The van der Waals surface area contributed by atoms with Gasteiger partial charge < -0.3 is 18.9 Å². The molecule has 4 heterocycles. The molecule has 4 aromatic rings. The second-order valence-corrected chi connectivity index (χ2v) is 10.2. The summed E-state index contributed by atoms with van der Waals surface area (Å²) in [6.07, 6.45) is 9.12. The van der Waals surface area contributed by atoms with Crippen LogP contribution in [0.1, 0.15) is 66.2 Å². The molecule has 2 aliphatic carbocycles. The lowest BCUT2D eigenvalue weighted by molar-refractivity contribution is 0.0688. The Morgan fingerprint density at radius 1 is 1.17 bits per heavy atom. The number of fused-ring (bicyclic) bond motifs is 1. The van der Waals surface area contributed by atoms with Gasteiger partial charge in [0.1, 0.15) is 11.4 Å². The van der Waals surface area contributed by atoms with Crippen molar-refractivity contribution >= 4 is 17.0 Å². The van der Waals surface area contributed by atoms with Crippen molar-refractivity contribution in [3.63, 3.8) is 0 Å². The first-order valence-electron chi connectivity index (χ1n) is 12.7. The number of ether oxygens (including phenoxy) is 1. The summed E-state index contributed by atoms with van der Waals surface area (Å²) >= 11 is 0. The molecule has 186 valence electrons. The molecule has 36 heavy (non-hydrogen) atoms. The van der Waals surface area contributed by atoms with Crippen molar-refractivity contribution in [1.29, 1.82) is 0 Å². The number of aromatic nitrogens is 4. The summed E-state index contributed by atoms with van der Waals surface area (Å²) in [5.41, 5.74) is 5.99. The van der Waals surface area contributed by atoms with Crippen molar-refractivity contribution in [2.24, 2.45) is 11.8 Å². The van der Waals surface area contributed by atoms with Crippen molar-refractivity contribution in [3.8, 4) is 28.1 Å². The summed E-state index contributed by atoms with van der Waals surface area (Å²) in [6.45, 7) is 7.88. The molecule has 8 nitrogen and oxygen atoms in total. The van der Waals surface area contributed by atoms with Gasteiger partial charge in [-0.2, -0.15) is 0 Å². The minimum atomic E-state index is -1.06. The van der Waals surface area contributed by atoms with Crippen molar-refractivity contribution < 1.29 is 19.2 Å². The van der Waals surface area contributed by atoms with Gasteiger partial charge in [-0.3, -0.25) is 0 Å². The number of hydrogen-bond donors (Lipinski definition) is 1. The Morgan fingerprint density at radius 3 is 2.47 bits per heavy atom. The van der Waals surface area contributed by atoms with Gasteiger partial charge in [0.25, 0.3) is 0 Å². The van der Waals surface area contributed by atoms with Crippen molar-refractivity contribution in [2.75, 3.05) is 6.61 Å². The Labute approximate surface area is 209 Å². The van der Waals surface area contributed by atoms with Crippen LogP contribution in [0.4, 0.5) is 0 Å². The number of nitrogens with zero attached hydrogens (tertiary/aromatic N) is 4. The molecule has 0 saturated heterocycles. The summed E-state index contributed by atoms with van der Waals surface area (Å²) < 4.78 is 13.7. The number of aromatic carboxylic acids is 1. The van der Waals surface area contributed by atoms with Crippen LogP contribution in [0.2, 0.25) is 0 Å². The lowest BCUT2D eigenvalue weighted by atomic mass is 10.0. The Balaban J connectivity index is 1.61. The topological polar surface area (TPSA) is 103 Å². The molecule has 2 aliphatic rings. The molecular weight excluding hydrogens is 456 g/mol. The highest BCUT2D eigenvalue weighted by Crippen LogP contribution is 2.54. The molecule has 0 unspecified atom stereocenters. The fourth-order valence-electron chi connectivity index (χ4n) is 5.57. The largest absolute Gasteiger partial charge is 0.478 e. The molecule has 4 aromatic heterocycles. The molecule has 2 saturated carbocycles. The van der Waals surface area contributed by atoms with Gasteiger partial charge in [0.2, 0.25) is 5.88 Å². The minimum Gasteiger partial charge on any atom is -0.478 e. The van der Waals surface area contributed by atoms with E-state index in [1.54, 1.807) is 6.92 Å². The molecule has 0 atom stereocenters. The summed E-state index contributed by atoms with van der Waals surface area (Å²) in [6, 6.07) is 4.46. The second-order valence-electron chi connectivity index (χ2n) is 10.2. The molecule has 0 bridgehead atoms. The maximum atomic E-state index is 11.8. The highest BCUT2D eigenvalue weighted by atomic mass is 16.5. The van der Waals surface area contributed by atoms with Gasteiger partial charge in [0.15, 0.2) is 5.69 Å². The molecule has 0 aromatic carbocycles. The fraction of sp³-hybridized carbons (Fsp3) is 0.429. The number of carboxylic acid groups (broad SMARTS) is 1. The van der Waals surface area contributed by atoms with E-state index in [0.29, 0.717) is 35.9 Å². The van der Waals surface area contributed by atoms with Gasteiger partial charge in [0.05, 0.1) is 12.3 Å². The molecule has 0 amide bonds. The van der Waals surface area contributed by atoms with Gasteiger partial charge >= 0.3 is 5.97 Å². The Kier molecular flexibility index (Phi) is 5.35. The zero-order valence-corrected chi connectivity index (χ0v) is 21.0. The molecule has 2 fully saturated rings. The van der Waals surface area contributed by atoms with Gasteiger partial charge in [0, 0.05) is 46.1 Å². The molecule has 0 spiro atoms. The van der Waals surface area contributed by atoms with E-state index in [9.17, 15) is 9.90 Å². The molecule has 6 rings (SSSR count). The smallest absolute Gasteiger partial charge is 0.354 e. The quantitative estimate of drug-likeness (QED) is 0.319. The van der Waals surface area contributed by atoms with Crippen LogP contribution in [0, 0.1) is 32.6 Å². The third-order valence-electron chi connectivity index (χ3n) is 7.47. The van der Waals surface area contributed by atoms with Crippen molar-refractivity contribution in [2.45, 2.75) is 59.4 Å². The maximum absolute atomic E-state index is 11.8. The SMILES string of the molecule is CCOc1nc(C(=O)O)c(C)cc1-c1cn(C(C2CC2)C2CC2)c2ncc(-c3c(C)noc3C)cc12. The molecule has 8 heteroatoms. The van der Waals surface area contributed by atoms with E-state index in [-0.39, 0.29) is 5.69 Å². The van der Waals surface area contributed by atoms with E-state index >= 15 is 0 Å². The summed E-state index contributed by atoms with van der Waals surface area (Å²) in [5, 5.41) is 14.8. The summed E-state index contributed by atoms with van der Waals surface area (Å²) in [5.74, 6) is 1.39. The highest BCUT2D eigenvalue weighted by molar-refractivity contribution is 5.98. The number of carboxylic acids is 1. The fourth-order valence-corrected chi connectivity index (χ4v) is 5.57. The van der Waals surface area contributed by atoms with Gasteiger partial charge in [-0.25, -0.2) is 14.8 Å². The number of carbonyl (C=O) groups is 1. The van der Waals surface area contributed by atoms with Crippen LogP contribution in [0.25, 0.3) is 33.3 Å². The maximum Gasteiger partial charge on any atom is 0.354 e. The molecule has 0 aliphatic heterocycles. The second kappa shape index (κ2) is 8.47. The van der Waals surface area contributed by atoms with Gasteiger partial charge in [-0.05, 0) is 82.9 Å². The Morgan fingerprint density at radius 2 is 1.89 bits per heavy atom. The standard InChI is InChI=1S/C28H30N4O4/c1-5-35-27-21(10-14(2)24(30-27)28(33)34)22-13-32(25(17-6-7-17)18-8-9-18)26-20(22)11-19(12-29-26)23-15(3)31-36-16(23)4/h10-13,17-18,25H,5-9H2,1-4H3,(H,33,34). The monoisotopic (exact) mass is 486 g/mol. The Bertz CT molecular complexity index is 1460. The zero-order valence-electron chi connectivity index (χ0n) is 21.0. The molecular formula is C28H30N4O4. The summed E-state index contributed by atoms with van der Waals surface area (Å²) in [4.78, 5) is 21.2. The van der Waals surface area contributed by atoms with E-state index in [0.717, 1.165) is 44.7 Å². The predicted octanol–water partition coefficient (Wildman–Crippen LogP) is 6.14. The van der Waals surface area contributed by atoms with Crippen molar-refractivity contribution in [3.05, 3.63) is 47.2 Å². The number of aryl methyl sites for hydroxylation is 3. The third kappa shape index (κ3) is 3.75. The third-order valence-corrected chi connectivity index (χ3v) is 7.47. The Hall–Kier alpha value is -3.68. The van der Waals surface area contributed by atoms with E-state index < -0.39 is 5.97 Å². The van der Waals surface area contributed by atoms with Crippen LogP contribution < -0.4 is 4.74 Å². The number of pyridine rings is 2. The van der Waals surface area contributed by atoms with Crippen LogP contribution >= 0.6 is 0 Å². The number of rotatable bonds is 8. The normalized spacial score (nSPS) is 15.7. The highest BCUT2D eigenvalue weighted by Gasteiger charge is 2.43. The zero-order chi connectivity index (χ0) is 25.1. The lowest BCUT2D eigenvalue weighted by Crippen LogP contribution is -2.13.